The largest absolute Gasteiger partial charge is 0.497 e. The Balaban J connectivity index is 1.97. The molecular weight excluding hydrogens is 346 g/mol. The van der Waals surface area contributed by atoms with Crippen molar-refractivity contribution in [1.82, 2.24) is 5.32 Å². The topological polar surface area (TPSA) is 30.5 Å². The number of methoxy groups -OCH3 is 2. The molecule has 0 saturated carbocycles. The molecule has 3 nitrogen and oxygen atoms in total. The summed E-state index contributed by atoms with van der Waals surface area (Å²) in [6, 6.07) is 28.2. The SMILES string of the molecule is COc1ccc(C(c2ccccc2)(c2ccc(OC)cc2)C2CCCN2)cc1. The van der Waals surface area contributed by atoms with Gasteiger partial charge in [0.15, 0.2) is 0 Å². The molecule has 3 heteroatoms. The molecule has 0 spiro atoms. The summed E-state index contributed by atoms with van der Waals surface area (Å²) in [5, 5.41) is 3.79. The van der Waals surface area contributed by atoms with E-state index in [1.165, 1.54) is 23.1 Å². The summed E-state index contributed by atoms with van der Waals surface area (Å²) in [6.45, 7) is 1.05. The highest BCUT2D eigenvalue weighted by Gasteiger charge is 2.44. The van der Waals surface area contributed by atoms with E-state index in [2.05, 4.69) is 84.2 Å². The van der Waals surface area contributed by atoms with Crippen LogP contribution in [0.5, 0.6) is 11.5 Å². The zero-order valence-electron chi connectivity index (χ0n) is 16.5. The van der Waals surface area contributed by atoms with Crippen molar-refractivity contribution in [3.63, 3.8) is 0 Å². The number of rotatable bonds is 6. The van der Waals surface area contributed by atoms with Crippen LogP contribution in [0.3, 0.4) is 0 Å². The van der Waals surface area contributed by atoms with Crippen LogP contribution in [0.4, 0.5) is 0 Å². The van der Waals surface area contributed by atoms with Crippen LogP contribution in [0.1, 0.15) is 29.5 Å². The van der Waals surface area contributed by atoms with Gasteiger partial charge in [-0.1, -0.05) is 54.6 Å². The third kappa shape index (κ3) is 3.16. The average Bonchev–Trinajstić information content (AvgIpc) is 3.31. The molecule has 144 valence electrons. The van der Waals surface area contributed by atoms with Crippen LogP contribution in [0.15, 0.2) is 78.9 Å². The predicted octanol–water partition coefficient (Wildman–Crippen LogP) is 4.79. The van der Waals surface area contributed by atoms with Gasteiger partial charge in [-0.05, 0) is 60.3 Å². The van der Waals surface area contributed by atoms with Gasteiger partial charge in [-0.3, -0.25) is 0 Å². The van der Waals surface area contributed by atoms with E-state index >= 15 is 0 Å². The molecule has 4 rings (SSSR count). The van der Waals surface area contributed by atoms with Crippen molar-refractivity contribution < 1.29 is 9.47 Å². The van der Waals surface area contributed by atoms with Crippen molar-refractivity contribution in [1.29, 1.82) is 0 Å². The Kier molecular flexibility index (Phi) is 5.36. The molecule has 0 bridgehead atoms. The Morgan fingerprint density at radius 2 is 1.21 bits per heavy atom. The van der Waals surface area contributed by atoms with Gasteiger partial charge in [-0.2, -0.15) is 0 Å². The molecule has 1 fully saturated rings. The number of benzene rings is 3. The van der Waals surface area contributed by atoms with Gasteiger partial charge in [0.2, 0.25) is 0 Å². The van der Waals surface area contributed by atoms with E-state index in [1.54, 1.807) is 14.2 Å². The van der Waals surface area contributed by atoms with Crippen molar-refractivity contribution in [2.75, 3.05) is 20.8 Å². The van der Waals surface area contributed by atoms with E-state index in [0.717, 1.165) is 24.5 Å². The predicted molar refractivity (Wildman–Crippen MR) is 113 cm³/mol. The Labute approximate surface area is 167 Å². The van der Waals surface area contributed by atoms with Crippen LogP contribution < -0.4 is 14.8 Å². The summed E-state index contributed by atoms with van der Waals surface area (Å²) in [5.74, 6) is 1.75. The smallest absolute Gasteiger partial charge is 0.118 e. The Bertz CT molecular complexity index is 835. The fraction of sp³-hybridized carbons (Fsp3) is 0.280. The highest BCUT2D eigenvalue weighted by molar-refractivity contribution is 5.54. The molecule has 28 heavy (non-hydrogen) atoms. The van der Waals surface area contributed by atoms with Gasteiger partial charge in [0.05, 0.1) is 19.6 Å². The Morgan fingerprint density at radius 1 is 0.714 bits per heavy atom. The summed E-state index contributed by atoms with van der Waals surface area (Å²) < 4.78 is 10.8. The maximum absolute atomic E-state index is 5.42. The van der Waals surface area contributed by atoms with E-state index in [9.17, 15) is 0 Å². The van der Waals surface area contributed by atoms with Crippen LogP contribution in [0.2, 0.25) is 0 Å². The van der Waals surface area contributed by atoms with Crippen molar-refractivity contribution in [2.45, 2.75) is 24.3 Å². The minimum absolute atomic E-state index is 0.281. The second-order valence-corrected chi connectivity index (χ2v) is 7.28. The lowest BCUT2D eigenvalue weighted by atomic mass is 9.64. The summed E-state index contributed by atoms with van der Waals surface area (Å²) in [4.78, 5) is 0. The molecule has 0 aromatic heterocycles. The third-order valence-corrected chi connectivity index (χ3v) is 5.90. The Morgan fingerprint density at radius 3 is 1.64 bits per heavy atom. The minimum atomic E-state index is -0.281. The first-order valence-corrected chi connectivity index (χ1v) is 9.87. The normalized spacial score (nSPS) is 16.7. The molecule has 0 radical (unpaired) electrons. The van der Waals surface area contributed by atoms with E-state index in [4.69, 9.17) is 9.47 Å². The van der Waals surface area contributed by atoms with Gasteiger partial charge in [0.1, 0.15) is 11.5 Å². The maximum atomic E-state index is 5.42. The maximum Gasteiger partial charge on any atom is 0.118 e. The quantitative estimate of drug-likeness (QED) is 0.630. The van der Waals surface area contributed by atoms with Gasteiger partial charge in [-0.15, -0.1) is 0 Å². The Hall–Kier alpha value is -2.78. The lowest BCUT2D eigenvalue weighted by Crippen LogP contribution is -2.47. The standard InChI is InChI=1S/C25H27NO2/c1-27-22-14-10-20(11-15-22)25(24-9-6-18-26-24,19-7-4-3-5-8-19)21-12-16-23(28-2)17-13-21/h3-5,7-8,10-17,24,26H,6,9,18H2,1-2H3. The van der Waals surface area contributed by atoms with E-state index in [0.29, 0.717) is 6.04 Å². The zero-order chi connectivity index (χ0) is 19.4. The van der Waals surface area contributed by atoms with Crippen LogP contribution >= 0.6 is 0 Å². The summed E-state index contributed by atoms with van der Waals surface area (Å²) in [5.41, 5.74) is 3.55. The first-order chi connectivity index (χ1) is 13.8. The van der Waals surface area contributed by atoms with Gasteiger partial charge in [0.25, 0.3) is 0 Å². The summed E-state index contributed by atoms with van der Waals surface area (Å²) in [6.07, 6.45) is 2.32. The van der Waals surface area contributed by atoms with Crippen LogP contribution in [0, 0.1) is 0 Å². The van der Waals surface area contributed by atoms with Gasteiger partial charge >= 0.3 is 0 Å². The zero-order valence-corrected chi connectivity index (χ0v) is 16.5. The van der Waals surface area contributed by atoms with Crippen molar-refractivity contribution in [2.24, 2.45) is 0 Å². The van der Waals surface area contributed by atoms with E-state index in [1.807, 2.05) is 0 Å². The highest BCUT2D eigenvalue weighted by atomic mass is 16.5. The summed E-state index contributed by atoms with van der Waals surface area (Å²) in [7, 11) is 3.42. The van der Waals surface area contributed by atoms with Crippen LogP contribution in [-0.4, -0.2) is 26.8 Å². The first kappa shape index (κ1) is 18.6. The van der Waals surface area contributed by atoms with E-state index < -0.39 is 0 Å². The number of hydrogen-bond donors (Lipinski definition) is 1. The monoisotopic (exact) mass is 373 g/mol. The third-order valence-electron chi connectivity index (χ3n) is 5.90. The molecular formula is C25H27NO2. The molecule has 1 unspecified atom stereocenters. The molecule has 1 N–H and O–H groups in total. The van der Waals surface area contributed by atoms with Crippen LogP contribution in [-0.2, 0) is 5.41 Å². The molecule has 1 aliphatic heterocycles. The fourth-order valence-corrected chi connectivity index (χ4v) is 4.57. The lowest BCUT2D eigenvalue weighted by molar-refractivity contribution is 0.409. The molecule has 3 aromatic carbocycles. The lowest BCUT2D eigenvalue weighted by Gasteiger charge is -2.41. The second kappa shape index (κ2) is 8.07. The second-order valence-electron chi connectivity index (χ2n) is 7.28. The molecule has 1 aliphatic rings. The molecule has 1 saturated heterocycles. The van der Waals surface area contributed by atoms with E-state index in [-0.39, 0.29) is 5.41 Å². The van der Waals surface area contributed by atoms with Crippen molar-refractivity contribution in [3.8, 4) is 11.5 Å². The first-order valence-electron chi connectivity index (χ1n) is 9.87. The molecule has 1 heterocycles. The molecule has 3 aromatic rings. The number of hydrogen-bond acceptors (Lipinski definition) is 3. The average molecular weight is 373 g/mol. The van der Waals surface area contributed by atoms with Crippen molar-refractivity contribution >= 4 is 0 Å². The summed E-state index contributed by atoms with van der Waals surface area (Å²) >= 11 is 0. The fourth-order valence-electron chi connectivity index (χ4n) is 4.57. The molecule has 1 atom stereocenters. The minimum Gasteiger partial charge on any atom is -0.497 e. The number of ether oxygens (including phenoxy) is 2. The van der Waals surface area contributed by atoms with Crippen molar-refractivity contribution in [3.05, 3.63) is 95.6 Å². The van der Waals surface area contributed by atoms with Crippen LogP contribution in [0.25, 0.3) is 0 Å². The van der Waals surface area contributed by atoms with Gasteiger partial charge in [-0.25, -0.2) is 0 Å². The highest BCUT2D eigenvalue weighted by Crippen LogP contribution is 2.45. The number of nitrogens with one attached hydrogen (secondary N) is 1. The van der Waals surface area contributed by atoms with Gasteiger partial charge < -0.3 is 14.8 Å². The molecule has 0 amide bonds. The van der Waals surface area contributed by atoms with Gasteiger partial charge in [0, 0.05) is 6.04 Å². The molecule has 0 aliphatic carbocycles.